The summed E-state index contributed by atoms with van der Waals surface area (Å²) in [6.07, 6.45) is 3.78. The molecule has 0 saturated heterocycles. The highest BCUT2D eigenvalue weighted by Crippen LogP contribution is 2.37. The molecule has 28 heavy (non-hydrogen) atoms. The summed E-state index contributed by atoms with van der Waals surface area (Å²) in [4.78, 5) is 18.9. The van der Waals surface area contributed by atoms with Crippen molar-refractivity contribution in [2.75, 3.05) is 13.6 Å². The molecule has 1 N–H and O–H groups in total. The number of amides is 1. The van der Waals surface area contributed by atoms with Gasteiger partial charge in [0.25, 0.3) is 0 Å². The van der Waals surface area contributed by atoms with Crippen LogP contribution < -0.4 is 10.1 Å². The molecule has 1 aromatic heterocycles. The van der Waals surface area contributed by atoms with Crippen LogP contribution in [0.2, 0.25) is 0 Å². The van der Waals surface area contributed by atoms with E-state index in [0.717, 1.165) is 50.3 Å². The third kappa shape index (κ3) is 3.76. The second kappa shape index (κ2) is 7.54. The van der Waals surface area contributed by atoms with E-state index in [-0.39, 0.29) is 24.1 Å². The number of hydrogen-bond acceptors (Lipinski definition) is 5. The van der Waals surface area contributed by atoms with Gasteiger partial charge in [0.05, 0.1) is 0 Å². The Balaban J connectivity index is 1.38. The number of carbonyl (C=O) groups excluding carboxylic acids is 1. The maximum absolute atomic E-state index is 12.8. The smallest absolute Gasteiger partial charge is 0.244 e. The maximum Gasteiger partial charge on any atom is 0.244 e. The molecular formula is C21H29N5O2. The lowest BCUT2D eigenvalue weighted by molar-refractivity contribution is -0.134. The number of nitrogens with one attached hydrogen (secondary N) is 1. The van der Waals surface area contributed by atoms with Crippen LogP contribution in [0.5, 0.6) is 5.75 Å². The van der Waals surface area contributed by atoms with Gasteiger partial charge in [0.2, 0.25) is 5.91 Å². The largest absolute Gasteiger partial charge is 0.486 e. The Morgan fingerprint density at radius 2 is 2.07 bits per heavy atom. The van der Waals surface area contributed by atoms with Crippen LogP contribution in [0.1, 0.15) is 42.9 Å². The van der Waals surface area contributed by atoms with Gasteiger partial charge in [-0.25, -0.2) is 9.67 Å². The molecule has 150 valence electrons. The van der Waals surface area contributed by atoms with Gasteiger partial charge in [0, 0.05) is 31.7 Å². The van der Waals surface area contributed by atoms with Gasteiger partial charge in [-0.05, 0) is 45.6 Å². The molecule has 2 aromatic rings. The van der Waals surface area contributed by atoms with Crippen LogP contribution in [0.3, 0.4) is 0 Å². The zero-order valence-corrected chi connectivity index (χ0v) is 16.9. The third-order valence-corrected chi connectivity index (χ3v) is 6.12. The van der Waals surface area contributed by atoms with E-state index >= 15 is 0 Å². The summed E-state index contributed by atoms with van der Waals surface area (Å²) >= 11 is 0. The highest BCUT2D eigenvalue weighted by Gasteiger charge is 2.40. The van der Waals surface area contributed by atoms with Crippen LogP contribution in [-0.2, 0) is 17.9 Å². The Morgan fingerprint density at radius 3 is 2.79 bits per heavy atom. The topological polar surface area (TPSA) is 72.3 Å². The van der Waals surface area contributed by atoms with E-state index in [0.29, 0.717) is 5.82 Å². The predicted octanol–water partition coefficient (Wildman–Crippen LogP) is 2.22. The van der Waals surface area contributed by atoms with Crippen molar-refractivity contribution in [2.24, 2.45) is 0 Å². The average Bonchev–Trinajstić information content (AvgIpc) is 2.89. The molecule has 0 radical (unpaired) electrons. The molecule has 4 rings (SSSR count). The molecular weight excluding hydrogens is 354 g/mol. The number of ether oxygens (including phenoxy) is 1. The zero-order chi connectivity index (χ0) is 19.7. The van der Waals surface area contributed by atoms with E-state index < -0.39 is 0 Å². The molecule has 1 aromatic carbocycles. The lowest BCUT2D eigenvalue weighted by atomic mass is 9.81. The minimum Gasteiger partial charge on any atom is -0.486 e. The number of fused-ring (bicyclic) bond motifs is 1. The molecule has 1 amide bonds. The molecule has 1 saturated carbocycles. The van der Waals surface area contributed by atoms with E-state index in [2.05, 4.69) is 33.6 Å². The molecule has 7 heteroatoms. The second-order valence-electron chi connectivity index (χ2n) is 8.10. The Kier molecular flexibility index (Phi) is 5.10. The van der Waals surface area contributed by atoms with E-state index in [4.69, 9.17) is 4.74 Å². The van der Waals surface area contributed by atoms with Crippen molar-refractivity contribution in [3.63, 3.8) is 0 Å². The Bertz CT molecular complexity index is 854. The number of benzene rings is 1. The standard InChI is InChI=1S/C21H29N5O2/c1-15-23-16(2)26(24-15)13-20(27)25(3)18-8-10-21(11-9-18)14-22-12-17-6-4-5-7-19(17)28-21/h4-7,18,22H,8-14H2,1-3H3. The van der Waals surface area contributed by atoms with Crippen molar-refractivity contribution >= 4 is 5.91 Å². The van der Waals surface area contributed by atoms with Gasteiger partial charge in [0.1, 0.15) is 29.5 Å². The van der Waals surface area contributed by atoms with Gasteiger partial charge in [0.15, 0.2) is 0 Å². The number of nitrogens with zero attached hydrogens (tertiary/aromatic N) is 4. The summed E-state index contributed by atoms with van der Waals surface area (Å²) in [6, 6.07) is 8.51. The van der Waals surface area contributed by atoms with Crippen molar-refractivity contribution in [3.8, 4) is 5.75 Å². The highest BCUT2D eigenvalue weighted by atomic mass is 16.5. The van der Waals surface area contributed by atoms with Crippen LogP contribution in [0, 0.1) is 13.8 Å². The monoisotopic (exact) mass is 383 g/mol. The van der Waals surface area contributed by atoms with Gasteiger partial charge >= 0.3 is 0 Å². The van der Waals surface area contributed by atoms with Gasteiger partial charge in [-0.2, -0.15) is 5.10 Å². The SMILES string of the molecule is Cc1nc(C)n(CC(=O)N(C)C2CCC3(CC2)CNCc2ccccc2O3)n1. The first-order valence-electron chi connectivity index (χ1n) is 10.1. The molecule has 0 atom stereocenters. The Hall–Kier alpha value is -2.41. The first-order valence-corrected chi connectivity index (χ1v) is 10.1. The molecule has 2 aliphatic rings. The summed E-state index contributed by atoms with van der Waals surface area (Å²) in [5, 5.41) is 7.86. The fraction of sp³-hybridized carbons (Fsp3) is 0.571. The predicted molar refractivity (Wildman–Crippen MR) is 106 cm³/mol. The van der Waals surface area contributed by atoms with Crippen molar-refractivity contribution in [2.45, 2.75) is 64.3 Å². The van der Waals surface area contributed by atoms with E-state index in [9.17, 15) is 4.79 Å². The summed E-state index contributed by atoms with van der Waals surface area (Å²) in [6.45, 7) is 5.67. The van der Waals surface area contributed by atoms with Crippen molar-refractivity contribution in [1.29, 1.82) is 0 Å². The number of aryl methyl sites for hydroxylation is 2. The molecule has 1 aliphatic carbocycles. The zero-order valence-electron chi connectivity index (χ0n) is 16.9. The Morgan fingerprint density at radius 1 is 1.32 bits per heavy atom. The van der Waals surface area contributed by atoms with Crippen LogP contribution in [-0.4, -0.2) is 50.8 Å². The van der Waals surface area contributed by atoms with Crippen LogP contribution in [0.4, 0.5) is 0 Å². The van der Waals surface area contributed by atoms with Crippen molar-refractivity contribution in [1.82, 2.24) is 25.0 Å². The van der Waals surface area contributed by atoms with E-state index in [1.165, 1.54) is 5.56 Å². The van der Waals surface area contributed by atoms with Gasteiger partial charge in [-0.15, -0.1) is 0 Å². The summed E-state index contributed by atoms with van der Waals surface area (Å²) in [5.74, 6) is 2.55. The van der Waals surface area contributed by atoms with Crippen molar-refractivity contribution in [3.05, 3.63) is 41.5 Å². The van der Waals surface area contributed by atoms with Gasteiger partial charge in [-0.3, -0.25) is 4.79 Å². The van der Waals surface area contributed by atoms with Crippen LogP contribution in [0.15, 0.2) is 24.3 Å². The van der Waals surface area contributed by atoms with E-state index in [1.807, 2.05) is 31.9 Å². The van der Waals surface area contributed by atoms with E-state index in [1.54, 1.807) is 4.68 Å². The quantitative estimate of drug-likeness (QED) is 0.880. The molecule has 0 unspecified atom stereocenters. The molecule has 1 aliphatic heterocycles. The first-order chi connectivity index (χ1) is 13.5. The Labute approximate surface area is 166 Å². The van der Waals surface area contributed by atoms with Crippen LogP contribution >= 0.6 is 0 Å². The molecule has 2 heterocycles. The summed E-state index contributed by atoms with van der Waals surface area (Å²) in [7, 11) is 1.91. The highest BCUT2D eigenvalue weighted by molar-refractivity contribution is 5.76. The minimum atomic E-state index is -0.174. The summed E-state index contributed by atoms with van der Waals surface area (Å²) in [5.41, 5.74) is 1.04. The molecule has 1 fully saturated rings. The normalized spacial score (nSPS) is 24.3. The number of para-hydroxylation sites is 1. The average molecular weight is 383 g/mol. The number of likely N-dealkylation sites (N-methyl/N-ethyl adjacent to an activating group) is 1. The molecule has 0 bridgehead atoms. The number of aromatic nitrogens is 3. The van der Waals surface area contributed by atoms with Gasteiger partial charge in [-0.1, -0.05) is 18.2 Å². The second-order valence-corrected chi connectivity index (χ2v) is 8.10. The summed E-state index contributed by atoms with van der Waals surface area (Å²) < 4.78 is 8.19. The fourth-order valence-electron chi connectivity index (χ4n) is 4.39. The maximum atomic E-state index is 12.8. The lowest BCUT2D eigenvalue weighted by Gasteiger charge is -2.42. The lowest BCUT2D eigenvalue weighted by Crippen LogP contribution is -2.51. The molecule has 1 spiro atoms. The number of carbonyl (C=O) groups is 1. The first kappa shape index (κ1) is 18.9. The molecule has 7 nitrogen and oxygen atoms in total. The number of rotatable bonds is 3. The van der Waals surface area contributed by atoms with Gasteiger partial charge < -0.3 is 15.0 Å². The third-order valence-electron chi connectivity index (χ3n) is 6.12. The fourth-order valence-corrected chi connectivity index (χ4v) is 4.39. The van der Waals surface area contributed by atoms with Crippen molar-refractivity contribution < 1.29 is 9.53 Å². The van der Waals surface area contributed by atoms with Crippen LogP contribution in [0.25, 0.3) is 0 Å². The number of hydrogen-bond donors (Lipinski definition) is 1. The minimum absolute atomic E-state index is 0.0826.